The van der Waals surface area contributed by atoms with Gasteiger partial charge in [0.2, 0.25) is 0 Å². The first-order valence-electron chi connectivity index (χ1n) is 3.80. The van der Waals surface area contributed by atoms with Crippen molar-refractivity contribution in [1.29, 1.82) is 0 Å². The first kappa shape index (κ1) is 9.29. The predicted molar refractivity (Wildman–Crippen MR) is 51.1 cm³/mol. The fourth-order valence-corrected chi connectivity index (χ4v) is 1.88. The number of amides is 3. The van der Waals surface area contributed by atoms with E-state index >= 15 is 0 Å². The standard InChI is InChI=1S/C8H5BrN2O3/c9-4-2-1-3-5-6(4)7(12)11(14)8(13)10-5/h1-3,6,14H. The molecule has 1 heterocycles. The Morgan fingerprint density at radius 1 is 1.50 bits per heavy atom. The highest BCUT2D eigenvalue weighted by atomic mass is 79.9. The van der Waals surface area contributed by atoms with Crippen molar-refractivity contribution in [1.82, 2.24) is 5.06 Å². The van der Waals surface area contributed by atoms with Crippen molar-refractivity contribution in [2.45, 2.75) is 0 Å². The van der Waals surface area contributed by atoms with Gasteiger partial charge in [-0.05, 0) is 6.08 Å². The molecule has 3 amide bonds. The number of rotatable bonds is 0. The second-order valence-electron chi connectivity index (χ2n) is 2.81. The van der Waals surface area contributed by atoms with Gasteiger partial charge in [-0.15, -0.1) is 5.06 Å². The van der Waals surface area contributed by atoms with Crippen LogP contribution in [0.1, 0.15) is 0 Å². The molecule has 0 fully saturated rings. The van der Waals surface area contributed by atoms with Crippen molar-refractivity contribution in [2.75, 3.05) is 0 Å². The molecule has 0 aromatic heterocycles. The van der Waals surface area contributed by atoms with Crippen LogP contribution in [-0.4, -0.2) is 27.9 Å². The third-order valence-corrected chi connectivity index (χ3v) is 2.68. The number of halogens is 1. The molecule has 0 spiro atoms. The number of fused-ring (bicyclic) bond motifs is 1. The van der Waals surface area contributed by atoms with Crippen molar-refractivity contribution in [3.8, 4) is 0 Å². The van der Waals surface area contributed by atoms with Crippen molar-refractivity contribution < 1.29 is 14.8 Å². The number of carbonyl (C=O) groups is 2. The topological polar surface area (TPSA) is 70.0 Å². The summed E-state index contributed by atoms with van der Waals surface area (Å²) in [6, 6.07) is -0.951. The minimum atomic E-state index is -0.951. The normalized spacial score (nSPS) is 25.9. The van der Waals surface area contributed by atoms with E-state index in [1.54, 1.807) is 18.2 Å². The molecule has 0 aromatic carbocycles. The van der Waals surface area contributed by atoms with Crippen LogP contribution in [0.15, 0.2) is 27.7 Å². The van der Waals surface area contributed by atoms with Gasteiger partial charge in [0.05, 0.1) is 5.71 Å². The third kappa shape index (κ3) is 1.23. The van der Waals surface area contributed by atoms with Gasteiger partial charge < -0.3 is 0 Å². The van der Waals surface area contributed by atoms with E-state index in [2.05, 4.69) is 20.9 Å². The van der Waals surface area contributed by atoms with Gasteiger partial charge in [-0.2, -0.15) is 4.99 Å². The number of carbonyl (C=O) groups excluding carboxylic acids is 2. The Morgan fingerprint density at radius 2 is 2.21 bits per heavy atom. The molecule has 0 saturated carbocycles. The molecular formula is C8H5BrN2O3. The molecule has 2 aliphatic rings. The molecule has 1 aliphatic carbocycles. The van der Waals surface area contributed by atoms with Crippen LogP contribution in [0.2, 0.25) is 0 Å². The van der Waals surface area contributed by atoms with E-state index in [0.29, 0.717) is 10.2 Å². The molecule has 0 aromatic rings. The minimum Gasteiger partial charge on any atom is -0.277 e. The maximum Gasteiger partial charge on any atom is 0.374 e. The number of aliphatic imine (C=N–C) groups is 1. The molecule has 1 unspecified atom stereocenters. The molecule has 1 N–H and O–H groups in total. The Labute approximate surface area is 87.5 Å². The second kappa shape index (κ2) is 3.14. The Morgan fingerprint density at radius 3 is 2.93 bits per heavy atom. The van der Waals surface area contributed by atoms with E-state index in [1.807, 2.05) is 0 Å². The number of allylic oxidation sites excluding steroid dienone is 3. The highest BCUT2D eigenvalue weighted by Gasteiger charge is 2.38. The molecule has 72 valence electrons. The summed E-state index contributed by atoms with van der Waals surface area (Å²) in [5.74, 6) is -1.38. The molecule has 6 heteroatoms. The molecule has 1 atom stereocenters. The maximum atomic E-state index is 11.4. The summed E-state index contributed by atoms with van der Waals surface area (Å²) in [6.45, 7) is 0. The van der Waals surface area contributed by atoms with E-state index in [-0.39, 0.29) is 5.06 Å². The zero-order valence-corrected chi connectivity index (χ0v) is 8.43. The lowest BCUT2D eigenvalue weighted by molar-refractivity contribution is -0.154. The average molecular weight is 257 g/mol. The largest absolute Gasteiger partial charge is 0.374 e. The minimum absolute atomic E-state index is 0.0302. The van der Waals surface area contributed by atoms with Crippen LogP contribution in [0.5, 0.6) is 0 Å². The van der Waals surface area contributed by atoms with Gasteiger partial charge in [0.15, 0.2) is 0 Å². The molecule has 1 aliphatic heterocycles. The van der Waals surface area contributed by atoms with Crippen LogP contribution >= 0.6 is 15.9 Å². The summed E-state index contributed by atoms with van der Waals surface area (Å²) in [5, 5.41) is 9.09. The molecule has 2 rings (SSSR count). The van der Waals surface area contributed by atoms with E-state index in [9.17, 15) is 9.59 Å². The first-order chi connectivity index (χ1) is 6.61. The Hall–Kier alpha value is -1.27. The van der Waals surface area contributed by atoms with Gasteiger partial charge in [-0.25, -0.2) is 4.79 Å². The zero-order chi connectivity index (χ0) is 10.3. The summed E-state index contributed by atoms with van der Waals surface area (Å²) in [5.41, 5.74) is 0.347. The van der Waals surface area contributed by atoms with Gasteiger partial charge in [-0.1, -0.05) is 28.1 Å². The van der Waals surface area contributed by atoms with E-state index < -0.39 is 17.9 Å². The van der Waals surface area contributed by atoms with Gasteiger partial charge >= 0.3 is 6.03 Å². The third-order valence-electron chi connectivity index (χ3n) is 1.96. The van der Waals surface area contributed by atoms with Gasteiger partial charge in [0.25, 0.3) is 5.91 Å². The molecule has 0 saturated heterocycles. The summed E-state index contributed by atoms with van der Waals surface area (Å²) >= 11 is 3.18. The van der Waals surface area contributed by atoms with Crippen molar-refractivity contribution in [2.24, 2.45) is 10.9 Å². The summed E-state index contributed by atoms with van der Waals surface area (Å²) in [6.07, 6.45) is 4.91. The van der Waals surface area contributed by atoms with Crippen LogP contribution in [0, 0.1) is 5.92 Å². The number of imide groups is 1. The van der Waals surface area contributed by atoms with E-state index in [4.69, 9.17) is 5.21 Å². The van der Waals surface area contributed by atoms with Crippen LogP contribution < -0.4 is 0 Å². The highest BCUT2D eigenvalue weighted by molar-refractivity contribution is 9.11. The fourth-order valence-electron chi connectivity index (χ4n) is 1.29. The lowest BCUT2D eigenvalue weighted by Crippen LogP contribution is -2.44. The molecular weight excluding hydrogens is 252 g/mol. The van der Waals surface area contributed by atoms with Crippen LogP contribution in [-0.2, 0) is 4.79 Å². The Kier molecular flexibility index (Phi) is 2.09. The smallest absolute Gasteiger partial charge is 0.277 e. The zero-order valence-electron chi connectivity index (χ0n) is 6.85. The quantitative estimate of drug-likeness (QED) is 0.664. The molecule has 0 bridgehead atoms. The first-order valence-corrected chi connectivity index (χ1v) is 4.59. The number of urea groups is 1. The average Bonchev–Trinajstić information content (AvgIpc) is 2.14. The highest BCUT2D eigenvalue weighted by Crippen LogP contribution is 2.28. The van der Waals surface area contributed by atoms with Crippen molar-refractivity contribution in [3.05, 3.63) is 22.7 Å². The lowest BCUT2D eigenvalue weighted by Gasteiger charge is -2.25. The lowest BCUT2D eigenvalue weighted by atomic mass is 9.96. The molecule has 0 radical (unpaired) electrons. The van der Waals surface area contributed by atoms with Crippen LogP contribution in [0.4, 0.5) is 4.79 Å². The van der Waals surface area contributed by atoms with Gasteiger partial charge in [-0.3, -0.25) is 10.0 Å². The fraction of sp³-hybridized carbons (Fsp3) is 0.125. The van der Waals surface area contributed by atoms with Crippen molar-refractivity contribution in [3.63, 3.8) is 0 Å². The monoisotopic (exact) mass is 256 g/mol. The number of hydrogen-bond donors (Lipinski definition) is 1. The van der Waals surface area contributed by atoms with E-state index in [1.165, 1.54) is 0 Å². The SMILES string of the molecule is O=C1N=C2C=CC=C(Br)C2C(=O)N1O. The maximum absolute atomic E-state index is 11.4. The number of hydroxylamine groups is 2. The number of nitrogens with zero attached hydrogens (tertiary/aromatic N) is 2. The Bertz CT molecular complexity index is 411. The second-order valence-corrected chi connectivity index (χ2v) is 3.73. The molecule has 14 heavy (non-hydrogen) atoms. The summed E-state index contributed by atoms with van der Waals surface area (Å²) < 4.78 is 0.579. The predicted octanol–water partition coefficient (Wildman–Crippen LogP) is 1.24. The molecule has 5 nitrogen and oxygen atoms in total. The summed E-state index contributed by atoms with van der Waals surface area (Å²) in [7, 11) is 0. The van der Waals surface area contributed by atoms with E-state index in [0.717, 1.165) is 0 Å². The van der Waals surface area contributed by atoms with Crippen LogP contribution in [0.3, 0.4) is 0 Å². The summed E-state index contributed by atoms with van der Waals surface area (Å²) in [4.78, 5) is 26.0. The van der Waals surface area contributed by atoms with Crippen molar-refractivity contribution >= 4 is 33.6 Å². The number of hydrogen-bond acceptors (Lipinski definition) is 3. The van der Waals surface area contributed by atoms with Gasteiger partial charge in [0, 0.05) is 4.48 Å². The Balaban J connectivity index is 2.51. The van der Waals surface area contributed by atoms with Crippen LogP contribution in [0.25, 0.3) is 0 Å². The van der Waals surface area contributed by atoms with Gasteiger partial charge in [0.1, 0.15) is 5.92 Å².